The van der Waals surface area contributed by atoms with E-state index in [9.17, 15) is 9.59 Å². The van der Waals surface area contributed by atoms with E-state index in [1.54, 1.807) is 4.90 Å². The summed E-state index contributed by atoms with van der Waals surface area (Å²) in [4.78, 5) is 40.2. The topological polar surface area (TPSA) is 69.6 Å². The number of carbonyl (C=O) groups is 2. The summed E-state index contributed by atoms with van der Waals surface area (Å²) in [6, 6.07) is 7.59. The lowest BCUT2D eigenvalue weighted by Gasteiger charge is -2.23. The molecule has 0 unspecified atom stereocenters. The molecule has 0 atom stereocenters. The molecule has 1 aliphatic rings. The van der Waals surface area contributed by atoms with Crippen molar-refractivity contribution in [2.45, 2.75) is 27.2 Å². The summed E-state index contributed by atoms with van der Waals surface area (Å²) in [7, 11) is 0. The molecule has 1 aromatic carbocycles. The SMILES string of the molecule is CCN(CC)c1ncc(Cl)c(C(=O)N2CCCN(C(=O)c3cccc(C)c3)CC2)n1. The third-order valence-electron chi connectivity index (χ3n) is 5.32. The number of benzene rings is 1. The van der Waals surface area contributed by atoms with Gasteiger partial charge in [-0.25, -0.2) is 9.97 Å². The van der Waals surface area contributed by atoms with Crippen molar-refractivity contribution >= 4 is 29.4 Å². The molecular formula is C22H28ClN5O2. The van der Waals surface area contributed by atoms with Crippen LogP contribution in [0.15, 0.2) is 30.5 Å². The summed E-state index contributed by atoms with van der Waals surface area (Å²) in [5.74, 6) is 0.274. The summed E-state index contributed by atoms with van der Waals surface area (Å²) >= 11 is 6.26. The Kier molecular flexibility index (Phi) is 7.26. The highest BCUT2D eigenvalue weighted by atomic mass is 35.5. The molecule has 1 aromatic heterocycles. The van der Waals surface area contributed by atoms with Gasteiger partial charge in [-0.2, -0.15) is 0 Å². The second-order valence-corrected chi connectivity index (χ2v) is 7.75. The van der Waals surface area contributed by atoms with E-state index >= 15 is 0 Å². The fraction of sp³-hybridized carbons (Fsp3) is 0.455. The first-order valence-electron chi connectivity index (χ1n) is 10.4. The molecule has 2 aromatic rings. The summed E-state index contributed by atoms with van der Waals surface area (Å²) in [6.07, 6.45) is 2.19. The second kappa shape index (κ2) is 9.89. The lowest BCUT2D eigenvalue weighted by Crippen LogP contribution is -2.38. The van der Waals surface area contributed by atoms with E-state index in [1.807, 2.05) is 54.8 Å². The fourth-order valence-corrected chi connectivity index (χ4v) is 3.77. The summed E-state index contributed by atoms with van der Waals surface area (Å²) in [5.41, 5.74) is 1.94. The Bertz CT molecular complexity index is 916. The molecule has 0 bridgehead atoms. The van der Waals surface area contributed by atoms with Gasteiger partial charge in [0.25, 0.3) is 11.8 Å². The molecule has 0 spiro atoms. The van der Waals surface area contributed by atoms with Crippen LogP contribution < -0.4 is 4.90 Å². The van der Waals surface area contributed by atoms with Crippen molar-refractivity contribution in [2.75, 3.05) is 44.2 Å². The summed E-state index contributed by atoms with van der Waals surface area (Å²) in [5, 5.41) is 0.243. The van der Waals surface area contributed by atoms with Crippen LogP contribution in [0.3, 0.4) is 0 Å². The van der Waals surface area contributed by atoms with Crippen molar-refractivity contribution in [2.24, 2.45) is 0 Å². The minimum Gasteiger partial charge on any atom is -0.341 e. The van der Waals surface area contributed by atoms with Crippen molar-refractivity contribution in [3.8, 4) is 0 Å². The van der Waals surface area contributed by atoms with Crippen LogP contribution in [0.25, 0.3) is 0 Å². The molecule has 3 rings (SSSR count). The third kappa shape index (κ3) is 4.90. The van der Waals surface area contributed by atoms with E-state index in [4.69, 9.17) is 11.6 Å². The Hall–Kier alpha value is -2.67. The molecule has 30 heavy (non-hydrogen) atoms. The standard InChI is InChI=1S/C22H28ClN5O2/c1-4-26(5-2)22-24-15-18(23)19(25-22)21(30)28-11-7-10-27(12-13-28)20(29)17-9-6-8-16(3)14-17/h6,8-9,14-15H,4-5,7,10-13H2,1-3H3. The number of aryl methyl sites for hydroxylation is 1. The lowest BCUT2D eigenvalue weighted by molar-refractivity contribution is 0.0715. The quantitative estimate of drug-likeness (QED) is 0.729. The number of hydrogen-bond donors (Lipinski definition) is 0. The zero-order valence-corrected chi connectivity index (χ0v) is 18.5. The molecular weight excluding hydrogens is 402 g/mol. The Balaban J connectivity index is 1.73. The first-order chi connectivity index (χ1) is 14.4. The second-order valence-electron chi connectivity index (χ2n) is 7.35. The molecule has 0 saturated carbocycles. The maximum atomic E-state index is 13.1. The van der Waals surface area contributed by atoms with Crippen LogP contribution in [-0.4, -0.2) is 70.9 Å². The first kappa shape index (κ1) is 22.0. The van der Waals surface area contributed by atoms with Gasteiger partial charge in [-0.05, 0) is 39.3 Å². The number of rotatable bonds is 5. The van der Waals surface area contributed by atoms with Gasteiger partial charge < -0.3 is 14.7 Å². The maximum Gasteiger partial charge on any atom is 0.274 e. The predicted octanol–water partition coefficient (Wildman–Crippen LogP) is 3.27. The van der Waals surface area contributed by atoms with Gasteiger partial charge in [0.2, 0.25) is 5.95 Å². The van der Waals surface area contributed by atoms with Crippen LogP contribution in [0.2, 0.25) is 5.02 Å². The first-order valence-corrected chi connectivity index (χ1v) is 10.7. The van der Waals surface area contributed by atoms with Gasteiger partial charge in [0.1, 0.15) is 0 Å². The van der Waals surface area contributed by atoms with Gasteiger partial charge in [-0.15, -0.1) is 0 Å². The molecule has 8 heteroatoms. The average Bonchev–Trinajstić information content (AvgIpc) is 3.01. The summed E-state index contributed by atoms with van der Waals surface area (Å²) in [6.45, 7) is 9.56. The fourth-order valence-electron chi connectivity index (χ4n) is 3.60. The minimum absolute atomic E-state index is 0.00288. The zero-order chi connectivity index (χ0) is 21.7. The zero-order valence-electron chi connectivity index (χ0n) is 17.8. The number of aromatic nitrogens is 2. The predicted molar refractivity (Wildman–Crippen MR) is 118 cm³/mol. The number of carbonyl (C=O) groups excluding carboxylic acids is 2. The molecule has 1 saturated heterocycles. The number of nitrogens with zero attached hydrogens (tertiary/aromatic N) is 5. The van der Waals surface area contributed by atoms with Crippen molar-refractivity contribution < 1.29 is 9.59 Å². The number of anilines is 1. The third-order valence-corrected chi connectivity index (χ3v) is 5.59. The molecule has 7 nitrogen and oxygen atoms in total. The molecule has 160 valence electrons. The Morgan fingerprint density at radius 2 is 1.73 bits per heavy atom. The van der Waals surface area contributed by atoms with Crippen LogP contribution in [0.5, 0.6) is 0 Å². The van der Waals surface area contributed by atoms with Crippen LogP contribution in [-0.2, 0) is 0 Å². The Morgan fingerprint density at radius 3 is 2.37 bits per heavy atom. The van der Waals surface area contributed by atoms with E-state index in [1.165, 1.54) is 6.20 Å². The van der Waals surface area contributed by atoms with Gasteiger partial charge in [-0.3, -0.25) is 9.59 Å². The number of halogens is 1. The van der Waals surface area contributed by atoms with E-state index in [0.29, 0.717) is 44.1 Å². The highest BCUT2D eigenvalue weighted by molar-refractivity contribution is 6.33. The smallest absolute Gasteiger partial charge is 0.274 e. The van der Waals surface area contributed by atoms with Crippen LogP contribution in [0.4, 0.5) is 5.95 Å². The van der Waals surface area contributed by atoms with Crippen LogP contribution >= 0.6 is 11.6 Å². The van der Waals surface area contributed by atoms with Crippen LogP contribution in [0.1, 0.15) is 46.7 Å². The Labute approximate surface area is 182 Å². The van der Waals surface area contributed by atoms with Gasteiger partial charge in [0, 0.05) is 44.8 Å². The van der Waals surface area contributed by atoms with E-state index in [0.717, 1.165) is 18.7 Å². The Morgan fingerprint density at radius 1 is 1.07 bits per heavy atom. The van der Waals surface area contributed by atoms with Gasteiger partial charge in [-0.1, -0.05) is 29.3 Å². The molecule has 0 radical (unpaired) electrons. The van der Waals surface area contributed by atoms with Crippen LogP contribution in [0, 0.1) is 6.92 Å². The monoisotopic (exact) mass is 429 g/mol. The van der Waals surface area contributed by atoms with Crippen molar-refractivity contribution in [3.63, 3.8) is 0 Å². The summed E-state index contributed by atoms with van der Waals surface area (Å²) < 4.78 is 0. The molecule has 1 fully saturated rings. The molecule has 2 heterocycles. The highest BCUT2D eigenvalue weighted by Crippen LogP contribution is 2.20. The van der Waals surface area contributed by atoms with E-state index in [-0.39, 0.29) is 22.5 Å². The van der Waals surface area contributed by atoms with E-state index < -0.39 is 0 Å². The van der Waals surface area contributed by atoms with Gasteiger partial charge >= 0.3 is 0 Å². The minimum atomic E-state index is -0.222. The lowest BCUT2D eigenvalue weighted by atomic mass is 10.1. The van der Waals surface area contributed by atoms with E-state index in [2.05, 4.69) is 9.97 Å². The highest BCUT2D eigenvalue weighted by Gasteiger charge is 2.26. The molecule has 2 amide bonds. The van der Waals surface area contributed by atoms with Crippen molar-refractivity contribution in [1.29, 1.82) is 0 Å². The van der Waals surface area contributed by atoms with Crippen molar-refractivity contribution in [1.82, 2.24) is 19.8 Å². The molecule has 0 aliphatic carbocycles. The largest absolute Gasteiger partial charge is 0.341 e. The van der Waals surface area contributed by atoms with Gasteiger partial charge in [0.05, 0.1) is 11.2 Å². The van der Waals surface area contributed by atoms with Crippen molar-refractivity contribution in [3.05, 3.63) is 52.3 Å². The average molecular weight is 430 g/mol. The molecule has 0 N–H and O–H groups in total. The normalized spacial score (nSPS) is 14.4. The maximum absolute atomic E-state index is 13.1. The molecule has 1 aliphatic heterocycles. The number of amides is 2. The number of hydrogen-bond acceptors (Lipinski definition) is 5. The van der Waals surface area contributed by atoms with Gasteiger partial charge in [0.15, 0.2) is 5.69 Å².